The zero-order chi connectivity index (χ0) is 9.97. The molecule has 14 heavy (non-hydrogen) atoms. The van der Waals surface area contributed by atoms with Crippen LogP contribution in [-0.2, 0) is 9.53 Å². The van der Waals surface area contributed by atoms with Crippen molar-refractivity contribution in [3.05, 3.63) is 0 Å². The second-order valence-electron chi connectivity index (χ2n) is 4.36. The number of carbonyl (C=O) groups is 1. The van der Waals surface area contributed by atoms with Crippen LogP contribution in [0.5, 0.6) is 0 Å². The Bertz CT molecular complexity index is 203. The first-order chi connectivity index (χ1) is 6.81. The molecule has 2 fully saturated rings. The number of hydrogen-bond donors (Lipinski definition) is 1. The minimum atomic E-state index is -0.0538. The van der Waals surface area contributed by atoms with E-state index in [1.54, 1.807) is 0 Å². The van der Waals surface area contributed by atoms with Crippen LogP contribution in [-0.4, -0.2) is 24.7 Å². The third-order valence-corrected chi connectivity index (χ3v) is 3.43. The third kappa shape index (κ3) is 1.92. The minimum absolute atomic E-state index is 0.0250. The maximum absolute atomic E-state index is 11.5. The van der Waals surface area contributed by atoms with Crippen LogP contribution >= 0.6 is 0 Å². The van der Waals surface area contributed by atoms with Crippen molar-refractivity contribution in [2.45, 2.75) is 51.1 Å². The predicted octanol–water partition coefficient (Wildman–Crippen LogP) is 1.47. The number of fused-ring (bicyclic) bond motifs is 1. The average molecular weight is 197 g/mol. The summed E-state index contributed by atoms with van der Waals surface area (Å²) in [6.45, 7) is 2.35. The molecule has 0 amide bonds. The molecule has 1 heterocycles. The van der Waals surface area contributed by atoms with E-state index >= 15 is 0 Å². The Morgan fingerprint density at radius 2 is 2.21 bits per heavy atom. The van der Waals surface area contributed by atoms with Gasteiger partial charge in [0.25, 0.3) is 0 Å². The van der Waals surface area contributed by atoms with E-state index in [0.717, 1.165) is 12.3 Å². The van der Waals surface area contributed by atoms with Crippen molar-refractivity contribution in [3.8, 4) is 0 Å². The smallest absolute Gasteiger partial charge is 0.323 e. The maximum atomic E-state index is 11.5. The summed E-state index contributed by atoms with van der Waals surface area (Å²) in [5.41, 5.74) is 0. The number of esters is 1. The molecule has 2 aliphatic rings. The second-order valence-corrected chi connectivity index (χ2v) is 4.36. The molecular weight excluding hydrogens is 178 g/mol. The summed E-state index contributed by atoms with van der Waals surface area (Å²) in [6, 6.07) is 0.557. The minimum Gasteiger partial charge on any atom is -0.465 e. The van der Waals surface area contributed by atoms with Gasteiger partial charge in [-0.15, -0.1) is 0 Å². The highest BCUT2D eigenvalue weighted by molar-refractivity contribution is 5.76. The molecule has 1 saturated carbocycles. The molecule has 0 aromatic heterocycles. The molecule has 1 aliphatic heterocycles. The summed E-state index contributed by atoms with van der Waals surface area (Å²) in [4.78, 5) is 11.5. The lowest BCUT2D eigenvalue weighted by atomic mass is 9.85. The van der Waals surface area contributed by atoms with Gasteiger partial charge >= 0.3 is 5.97 Å². The third-order valence-electron chi connectivity index (χ3n) is 3.43. The van der Waals surface area contributed by atoms with Crippen molar-refractivity contribution in [1.82, 2.24) is 5.32 Å². The van der Waals surface area contributed by atoms with Crippen molar-refractivity contribution in [1.29, 1.82) is 0 Å². The quantitative estimate of drug-likeness (QED) is 0.681. The van der Waals surface area contributed by atoms with Crippen LogP contribution in [0.2, 0.25) is 0 Å². The number of nitrogens with one attached hydrogen (secondary N) is 1. The summed E-state index contributed by atoms with van der Waals surface area (Å²) in [6.07, 6.45) is 6.15. The zero-order valence-electron chi connectivity index (χ0n) is 8.79. The number of hydrogen-bond acceptors (Lipinski definition) is 3. The fraction of sp³-hybridized carbons (Fsp3) is 0.909. The molecule has 0 spiro atoms. The van der Waals surface area contributed by atoms with E-state index in [0.29, 0.717) is 12.6 Å². The van der Waals surface area contributed by atoms with Gasteiger partial charge in [-0.25, -0.2) is 0 Å². The molecule has 0 aromatic carbocycles. The Hall–Kier alpha value is -0.570. The molecule has 3 nitrogen and oxygen atoms in total. The van der Waals surface area contributed by atoms with E-state index in [1.165, 1.54) is 25.7 Å². The highest BCUT2D eigenvalue weighted by Gasteiger charge is 2.38. The van der Waals surface area contributed by atoms with Crippen molar-refractivity contribution >= 4 is 5.97 Å². The molecule has 0 bridgehead atoms. The van der Waals surface area contributed by atoms with Crippen molar-refractivity contribution in [3.63, 3.8) is 0 Å². The fourth-order valence-electron chi connectivity index (χ4n) is 2.75. The van der Waals surface area contributed by atoms with Crippen molar-refractivity contribution in [2.24, 2.45) is 5.92 Å². The van der Waals surface area contributed by atoms with E-state index in [2.05, 4.69) is 5.32 Å². The first kappa shape index (κ1) is 9.97. The van der Waals surface area contributed by atoms with Crippen LogP contribution < -0.4 is 5.32 Å². The average Bonchev–Trinajstić information content (AvgIpc) is 2.61. The molecule has 1 saturated heterocycles. The van der Waals surface area contributed by atoms with Gasteiger partial charge in [0.05, 0.1) is 6.61 Å². The molecule has 1 aliphatic carbocycles. The van der Waals surface area contributed by atoms with Gasteiger partial charge in [-0.2, -0.15) is 0 Å². The van der Waals surface area contributed by atoms with E-state index in [1.807, 2.05) is 6.92 Å². The predicted molar refractivity (Wildman–Crippen MR) is 53.9 cm³/mol. The lowest BCUT2D eigenvalue weighted by Crippen LogP contribution is -2.38. The van der Waals surface area contributed by atoms with E-state index in [4.69, 9.17) is 4.74 Å². The fourth-order valence-corrected chi connectivity index (χ4v) is 2.75. The number of carbonyl (C=O) groups excluding carboxylic acids is 1. The van der Waals surface area contributed by atoms with Crippen LogP contribution in [0.1, 0.15) is 39.0 Å². The normalized spacial score (nSPS) is 36.5. The summed E-state index contributed by atoms with van der Waals surface area (Å²) >= 11 is 0. The van der Waals surface area contributed by atoms with Gasteiger partial charge in [-0.3, -0.25) is 4.79 Å². The highest BCUT2D eigenvalue weighted by Crippen LogP contribution is 2.33. The molecule has 0 radical (unpaired) electrons. The molecule has 3 atom stereocenters. The van der Waals surface area contributed by atoms with Crippen LogP contribution in [0.4, 0.5) is 0 Å². The maximum Gasteiger partial charge on any atom is 0.323 e. The molecule has 0 aromatic rings. The molecular formula is C11H19NO2. The largest absolute Gasteiger partial charge is 0.465 e. The number of rotatable bonds is 2. The van der Waals surface area contributed by atoms with Crippen LogP contribution in [0.25, 0.3) is 0 Å². The van der Waals surface area contributed by atoms with Crippen molar-refractivity contribution < 1.29 is 9.53 Å². The Morgan fingerprint density at radius 3 is 2.93 bits per heavy atom. The molecule has 3 heteroatoms. The second kappa shape index (κ2) is 4.30. The van der Waals surface area contributed by atoms with Crippen LogP contribution in [0.15, 0.2) is 0 Å². The number of ether oxygens (including phenoxy) is 1. The summed E-state index contributed by atoms with van der Waals surface area (Å²) in [5.74, 6) is 0.667. The van der Waals surface area contributed by atoms with Gasteiger partial charge in [-0.05, 0) is 32.1 Å². The Labute approximate surface area is 85.2 Å². The molecule has 0 unspecified atom stereocenters. The van der Waals surface area contributed by atoms with Crippen LogP contribution in [0.3, 0.4) is 0 Å². The molecule has 80 valence electrons. The van der Waals surface area contributed by atoms with Crippen molar-refractivity contribution in [2.75, 3.05) is 6.61 Å². The summed E-state index contributed by atoms with van der Waals surface area (Å²) in [5, 5.41) is 3.40. The topological polar surface area (TPSA) is 38.3 Å². The van der Waals surface area contributed by atoms with E-state index < -0.39 is 0 Å². The Balaban J connectivity index is 1.89. The van der Waals surface area contributed by atoms with Gasteiger partial charge in [-0.1, -0.05) is 12.8 Å². The SMILES string of the molecule is CCOC(=O)[C@@H]1C[C@@H]2CCCC[C@@H]2N1. The van der Waals surface area contributed by atoms with Gasteiger partial charge in [0.2, 0.25) is 0 Å². The first-order valence-corrected chi connectivity index (χ1v) is 5.74. The van der Waals surface area contributed by atoms with E-state index in [-0.39, 0.29) is 12.0 Å². The summed E-state index contributed by atoms with van der Waals surface area (Å²) in [7, 11) is 0. The standard InChI is InChI=1S/C11H19NO2/c1-2-14-11(13)10-7-8-5-3-4-6-9(8)12-10/h8-10,12H,2-7H2,1H3/t8-,9-,10-/m0/s1. The Morgan fingerprint density at radius 1 is 1.43 bits per heavy atom. The Kier molecular flexibility index (Phi) is 3.06. The zero-order valence-corrected chi connectivity index (χ0v) is 8.79. The first-order valence-electron chi connectivity index (χ1n) is 5.74. The monoisotopic (exact) mass is 197 g/mol. The lowest BCUT2D eigenvalue weighted by molar-refractivity contribution is -0.145. The molecule has 2 rings (SSSR count). The molecule has 1 N–H and O–H groups in total. The van der Waals surface area contributed by atoms with Gasteiger partial charge in [0.15, 0.2) is 0 Å². The van der Waals surface area contributed by atoms with Gasteiger partial charge < -0.3 is 10.1 Å². The lowest BCUT2D eigenvalue weighted by Gasteiger charge is -2.24. The van der Waals surface area contributed by atoms with E-state index in [9.17, 15) is 4.79 Å². The summed E-state index contributed by atoms with van der Waals surface area (Å²) < 4.78 is 5.03. The van der Waals surface area contributed by atoms with Gasteiger partial charge in [0, 0.05) is 6.04 Å². The highest BCUT2D eigenvalue weighted by atomic mass is 16.5. The van der Waals surface area contributed by atoms with Gasteiger partial charge in [0.1, 0.15) is 6.04 Å². The van der Waals surface area contributed by atoms with Crippen LogP contribution in [0, 0.1) is 5.92 Å².